The molecule has 0 radical (unpaired) electrons. The molecule has 0 unspecified atom stereocenters. The summed E-state index contributed by atoms with van der Waals surface area (Å²) in [7, 11) is -3.75. The summed E-state index contributed by atoms with van der Waals surface area (Å²) in [5, 5.41) is 9.91. The Kier molecular flexibility index (Phi) is 5.40. The molecule has 0 aliphatic carbocycles. The van der Waals surface area contributed by atoms with E-state index in [-0.39, 0.29) is 17.6 Å². The predicted molar refractivity (Wildman–Crippen MR) is 111 cm³/mol. The number of rotatable bonds is 6. The minimum absolute atomic E-state index is 0.0857. The molecule has 0 saturated carbocycles. The van der Waals surface area contributed by atoms with Crippen molar-refractivity contribution in [3.8, 4) is 11.5 Å². The lowest BCUT2D eigenvalue weighted by atomic mass is 10.2. The van der Waals surface area contributed by atoms with Crippen LogP contribution in [0.25, 0.3) is 11.5 Å². The summed E-state index contributed by atoms with van der Waals surface area (Å²) in [6, 6.07) is 24.3. The van der Waals surface area contributed by atoms with E-state index in [0.29, 0.717) is 22.4 Å². The second-order valence-corrected chi connectivity index (χ2v) is 8.38. The van der Waals surface area contributed by atoms with Crippen molar-refractivity contribution >= 4 is 21.4 Å². The van der Waals surface area contributed by atoms with E-state index in [1.165, 1.54) is 0 Å². The Bertz CT molecular complexity index is 1250. The van der Waals surface area contributed by atoms with Gasteiger partial charge < -0.3 is 9.73 Å². The third kappa shape index (κ3) is 4.44. The summed E-state index contributed by atoms with van der Waals surface area (Å²) in [6.45, 7) is 0. The van der Waals surface area contributed by atoms with Crippen molar-refractivity contribution in [1.29, 1.82) is 0 Å². The van der Waals surface area contributed by atoms with Crippen LogP contribution in [0.5, 0.6) is 0 Å². The lowest BCUT2D eigenvalue weighted by molar-refractivity contribution is 0.102. The maximum Gasteiger partial charge on any atom is 0.336 e. The minimum atomic E-state index is -3.75. The maximum absolute atomic E-state index is 12.5. The number of hydrogen-bond donors (Lipinski definition) is 1. The van der Waals surface area contributed by atoms with E-state index >= 15 is 0 Å². The molecule has 0 aliphatic rings. The summed E-state index contributed by atoms with van der Waals surface area (Å²) in [6.07, 6.45) is 0. The number of amides is 1. The third-order valence-corrected chi connectivity index (χ3v) is 5.71. The fourth-order valence-electron chi connectivity index (χ4n) is 2.80. The topological polar surface area (TPSA) is 102 Å². The van der Waals surface area contributed by atoms with Gasteiger partial charge in [-0.2, -0.15) is 0 Å². The van der Waals surface area contributed by atoms with Crippen LogP contribution in [0.4, 0.5) is 5.69 Å². The zero-order chi connectivity index (χ0) is 21.0. The Morgan fingerprint density at radius 1 is 0.833 bits per heavy atom. The summed E-state index contributed by atoms with van der Waals surface area (Å²) in [5.74, 6) is -0.363. The second-order valence-electron chi connectivity index (χ2n) is 6.52. The van der Waals surface area contributed by atoms with Crippen LogP contribution in [0.2, 0.25) is 0 Å². The molecule has 4 rings (SSSR count). The molecule has 30 heavy (non-hydrogen) atoms. The summed E-state index contributed by atoms with van der Waals surface area (Å²) in [4.78, 5) is 12.2. The first-order chi connectivity index (χ1) is 14.5. The molecule has 0 atom stereocenters. The van der Waals surface area contributed by atoms with E-state index in [9.17, 15) is 13.2 Å². The minimum Gasteiger partial charge on any atom is -0.408 e. The first kappa shape index (κ1) is 19.5. The number of carbonyl (C=O) groups is 1. The molecule has 1 amide bonds. The molecule has 0 spiro atoms. The summed E-state index contributed by atoms with van der Waals surface area (Å²) in [5.41, 5.74) is 2.31. The van der Waals surface area contributed by atoms with E-state index in [1.54, 1.807) is 72.8 Å². The zero-order valence-corrected chi connectivity index (χ0v) is 16.5. The zero-order valence-electron chi connectivity index (χ0n) is 15.7. The van der Waals surface area contributed by atoms with Crippen LogP contribution in [-0.2, 0) is 15.6 Å². The lowest BCUT2D eigenvalue weighted by Crippen LogP contribution is -2.11. The first-order valence-corrected chi connectivity index (χ1v) is 10.7. The van der Waals surface area contributed by atoms with Crippen LogP contribution in [0.15, 0.2) is 94.6 Å². The molecule has 4 aromatic rings. The van der Waals surface area contributed by atoms with Crippen molar-refractivity contribution in [2.24, 2.45) is 0 Å². The Hall–Kier alpha value is -3.78. The van der Waals surface area contributed by atoms with Gasteiger partial charge in [-0.05, 0) is 42.0 Å². The average Bonchev–Trinajstić information content (AvgIpc) is 3.27. The van der Waals surface area contributed by atoms with Crippen LogP contribution < -0.4 is 5.32 Å². The fraction of sp³-hybridized carbons (Fsp3) is 0.0455. The number of carbonyl (C=O) groups excluding carboxylic acids is 1. The highest BCUT2D eigenvalue weighted by Crippen LogP contribution is 2.23. The quantitative estimate of drug-likeness (QED) is 0.507. The number of hydrogen-bond acceptors (Lipinski definition) is 6. The summed E-state index contributed by atoms with van der Waals surface area (Å²) >= 11 is 0. The molecular formula is C22H17N3O4S. The molecule has 1 N–H and O–H groups in total. The van der Waals surface area contributed by atoms with E-state index < -0.39 is 15.1 Å². The van der Waals surface area contributed by atoms with Crippen molar-refractivity contribution in [2.45, 2.75) is 11.0 Å². The Labute approximate surface area is 173 Å². The van der Waals surface area contributed by atoms with Crippen LogP contribution in [-0.4, -0.2) is 24.5 Å². The van der Waals surface area contributed by atoms with Gasteiger partial charge in [-0.1, -0.05) is 53.6 Å². The number of nitrogens with zero attached hydrogens (tertiary/aromatic N) is 2. The van der Waals surface area contributed by atoms with Crippen molar-refractivity contribution in [1.82, 2.24) is 10.2 Å². The lowest BCUT2D eigenvalue weighted by Gasteiger charge is -2.05. The van der Waals surface area contributed by atoms with E-state index in [1.807, 2.05) is 12.1 Å². The Balaban J connectivity index is 1.48. The van der Waals surface area contributed by atoms with Crippen molar-refractivity contribution in [3.63, 3.8) is 0 Å². The van der Waals surface area contributed by atoms with Gasteiger partial charge >= 0.3 is 5.22 Å². The SMILES string of the molecule is O=C(Nc1ccc(-c2nnc(S(=O)(=O)Cc3ccccc3)o2)cc1)c1ccccc1. The molecule has 1 heterocycles. The largest absolute Gasteiger partial charge is 0.408 e. The molecule has 0 fully saturated rings. The molecule has 8 heteroatoms. The van der Waals surface area contributed by atoms with Gasteiger partial charge in [0.2, 0.25) is 15.7 Å². The molecular weight excluding hydrogens is 402 g/mol. The molecule has 0 aliphatic heterocycles. The molecule has 0 bridgehead atoms. The number of aromatic nitrogens is 2. The monoisotopic (exact) mass is 419 g/mol. The van der Waals surface area contributed by atoms with Gasteiger partial charge in [-0.25, -0.2) is 8.42 Å². The third-order valence-electron chi connectivity index (χ3n) is 4.30. The van der Waals surface area contributed by atoms with E-state index in [2.05, 4.69) is 15.5 Å². The predicted octanol–water partition coefficient (Wildman–Crippen LogP) is 3.96. The molecule has 0 saturated heterocycles. The smallest absolute Gasteiger partial charge is 0.336 e. The van der Waals surface area contributed by atoms with Gasteiger partial charge in [-0.3, -0.25) is 4.79 Å². The van der Waals surface area contributed by atoms with Gasteiger partial charge in [0.25, 0.3) is 5.91 Å². The molecule has 150 valence electrons. The van der Waals surface area contributed by atoms with Gasteiger partial charge in [0.15, 0.2) is 0 Å². The fourth-order valence-corrected chi connectivity index (χ4v) is 3.92. The van der Waals surface area contributed by atoms with Gasteiger partial charge in [-0.15, -0.1) is 5.10 Å². The highest BCUT2D eigenvalue weighted by Gasteiger charge is 2.23. The highest BCUT2D eigenvalue weighted by atomic mass is 32.2. The van der Waals surface area contributed by atoms with Crippen molar-refractivity contribution in [3.05, 3.63) is 96.1 Å². The number of anilines is 1. The average molecular weight is 419 g/mol. The van der Waals surface area contributed by atoms with Crippen LogP contribution in [0, 0.1) is 0 Å². The summed E-state index contributed by atoms with van der Waals surface area (Å²) < 4.78 is 30.4. The first-order valence-electron chi connectivity index (χ1n) is 9.08. The highest BCUT2D eigenvalue weighted by molar-refractivity contribution is 7.90. The normalized spacial score (nSPS) is 11.2. The van der Waals surface area contributed by atoms with Crippen molar-refractivity contribution < 1.29 is 17.6 Å². The number of nitrogens with one attached hydrogen (secondary N) is 1. The van der Waals surface area contributed by atoms with Crippen LogP contribution in [0.1, 0.15) is 15.9 Å². The second kappa shape index (κ2) is 8.30. The number of sulfone groups is 1. The Morgan fingerprint density at radius 3 is 2.13 bits per heavy atom. The van der Waals surface area contributed by atoms with Crippen LogP contribution in [0.3, 0.4) is 0 Å². The van der Waals surface area contributed by atoms with Gasteiger partial charge in [0.1, 0.15) is 0 Å². The molecule has 7 nitrogen and oxygen atoms in total. The van der Waals surface area contributed by atoms with E-state index in [4.69, 9.17) is 4.42 Å². The molecule has 3 aromatic carbocycles. The van der Waals surface area contributed by atoms with Gasteiger partial charge in [0.05, 0.1) is 5.75 Å². The maximum atomic E-state index is 12.5. The van der Waals surface area contributed by atoms with Crippen LogP contribution >= 0.6 is 0 Å². The standard InChI is InChI=1S/C22H17N3O4S/c26-20(17-9-5-2-6-10-17)23-19-13-11-18(12-14-19)21-24-25-22(29-21)30(27,28)15-16-7-3-1-4-8-16/h1-14H,15H2,(H,23,26). The van der Waals surface area contributed by atoms with Gasteiger partial charge in [0, 0.05) is 16.8 Å². The van der Waals surface area contributed by atoms with E-state index in [0.717, 1.165) is 0 Å². The molecule has 1 aromatic heterocycles. The Morgan fingerprint density at radius 2 is 1.47 bits per heavy atom. The van der Waals surface area contributed by atoms with Crippen molar-refractivity contribution in [2.75, 3.05) is 5.32 Å². The number of benzene rings is 3.